The fourth-order valence-corrected chi connectivity index (χ4v) is 2.39. The standard InChI is InChI=1S/C15H7ClFN3O2/c16-10-3-6-12-13(7-10)19(21)14(8-18)15(20(12)22)9-1-4-11(17)5-2-9/h1-7H. The first-order valence-corrected chi connectivity index (χ1v) is 6.55. The van der Waals surface area contributed by atoms with Crippen LogP contribution in [0.15, 0.2) is 42.5 Å². The van der Waals surface area contributed by atoms with Crippen LogP contribution in [-0.4, -0.2) is 4.73 Å². The van der Waals surface area contributed by atoms with Crippen LogP contribution in [-0.2, 0) is 0 Å². The van der Waals surface area contributed by atoms with Gasteiger partial charge in [0.15, 0.2) is 5.69 Å². The molecule has 3 aromatic rings. The van der Waals surface area contributed by atoms with Gasteiger partial charge in [-0.3, -0.25) is 0 Å². The molecule has 0 saturated carbocycles. The van der Waals surface area contributed by atoms with E-state index in [2.05, 4.69) is 0 Å². The fraction of sp³-hybridized carbons (Fsp3) is 0. The zero-order valence-corrected chi connectivity index (χ0v) is 11.7. The Kier molecular flexibility index (Phi) is 3.28. The minimum atomic E-state index is -0.484. The number of nitriles is 1. The van der Waals surface area contributed by atoms with Gasteiger partial charge >= 0.3 is 5.69 Å². The van der Waals surface area contributed by atoms with E-state index in [1.807, 2.05) is 0 Å². The summed E-state index contributed by atoms with van der Waals surface area (Å²) in [5, 5.41) is 21.8. The highest BCUT2D eigenvalue weighted by Crippen LogP contribution is 2.24. The predicted octanol–water partition coefficient (Wildman–Crippen LogP) is 3.23. The lowest BCUT2D eigenvalue weighted by molar-refractivity contribution is -0.452. The van der Waals surface area contributed by atoms with Gasteiger partial charge < -0.3 is 9.94 Å². The van der Waals surface area contributed by atoms with Gasteiger partial charge in [0, 0.05) is 16.0 Å². The van der Waals surface area contributed by atoms with Gasteiger partial charge in [-0.2, -0.15) is 5.26 Å². The maximum atomic E-state index is 13.0. The summed E-state index contributed by atoms with van der Waals surface area (Å²) in [5.74, 6) is -0.484. The molecule has 0 bridgehead atoms. The Balaban J connectivity index is 2.47. The summed E-state index contributed by atoms with van der Waals surface area (Å²) < 4.78 is 13.9. The highest BCUT2D eigenvalue weighted by Gasteiger charge is 2.24. The van der Waals surface area contributed by atoms with Crippen molar-refractivity contribution in [2.75, 3.05) is 0 Å². The largest absolute Gasteiger partial charge is 0.804 e. The normalized spacial score (nSPS) is 10.6. The van der Waals surface area contributed by atoms with Gasteiger partial charge in [0.05, 0.1) is 9.99 Å². The van der Waals surface area contributed by atoms with Gasteiger partial charge in [-0.15, -0.1) is 0 Å². The SMILES string of the molecule is N#Cc1c(-c2ccc(F)cc2)[n+](=O)c2ccc(Cl)cc2n1[O-]. The second kappa shape index (κ2) is 5.13. The quantitative estimate of drug-likeness (QED) is 0.647. The smallest absolute Gasteiger partial charge is 0.304 e. The van der Waals surface area contributed by atoms with Crippen LogP contribution in [0.4, 0.5) is 4.39 Å². The van der Waals surface area contributed by atoms with Gasteiger partial charge in [-0.05, 0) is 36.4 Å². The van der Waals surface area contributed by atoms with Gasteiger partial charge in [-0.25, -0.2) is 4.39 Å². The van der Waals surface area contributed by atoms with E-state index in [0.717, 1.165) is 12.1 Å². The molecule has 0 saturated heterocycles. The first-order valence-electron chi connectivity index (χ1n) is 6.17. The van der Waals surface area contributed by atoms with E-state index in [-0.39, 0.29) is 33.0 Å². The third kappa shape index (κ3) is 2.08. The Bertz CT molecular complexity index is 991. The van der Waals surface area contributed by atoms with E-state index < -0.39 is 5.82 Å². The number of fused-ring (bicyclic) bond motifs is 1. The molecule has 0 aliphatic rings. The summed E-state index contributed by atoms with van der Waals surface area (Å²) in [6.45, 7) is 0. The number of hydrogen-bond donors (Lipinski definition) is 0. The molecule has 0 atom stereocenters. The molecule has 0 spiro atoms. The lowest BCUT2D eigenvalue weighted by atomic mass is 10.1. The summed E-state index contributed by atoms with van der Waals surface area (Å²) in [4.78, 5) is 12.5. The van der Waals surface area contributed by atoms with Crippen molar-refractivity contribution in [3.05, 3.63) is 69.1 Å². The highest BCUT2D eigenvalue weighted by molar-refractivity contribution is 6.31. The van der Waals surface area contributed by atoms with Crippen molar-refractivity contribution in [1.82, 2.24) is 4.73 Å². The van der Waals surface area contributed by atoms with Crippen molar-refractivity contribution in [3.63, 3.8) is 0 Å². The summed E-state index contributed by atoms with van der Waals surface area (Å²) in [5.41, 5.74) is -0.180. The number of rotatable bonds is 1. The van der Waals surface area contributed by atoms with Gasteiger partial charge in [0.25, 0.3) is 5.52 Å². The van der Waals surface area contributed by atoms with Crippen LogP contribution in [0.2, 0.25) is 5.02 Å². The predicted molar refractivity (Wildman–Crippen MR) is 79.2 cm³/mol. The fourth-order valence-electron chi connectivity index (χ4n) is 2.22. The van der Waals surface area contributed by atoms with E-state index in [1.165, 1.54) is 30.3 Å². The maximum absolute atomic E-state index is 13.0. The summed E-state index contributed by atoms with van der Waals surface area (Å²) in [7, 11) is 0. The van der Waals surface area contributed by atoms with Crippen LogP contribution in [0.3, 0.4) is 0 Å². The molecule has 0 amide bonds. The van der Waals surface area contributed by atoms with Crippen LogP contribution in [0.1, 0.15) is 5.69 Å². The number of nitrogens with zero attached hydrogens (tertiary/aromatic N) is 3. The molecule has 5 nitrogen and oxygen atoms in total. The topological polar surface area (TPSA) is 74.8 Å². The molecular weight excluding hydrogens is 309 g/mol. The van der Waals surface area contributed by atoms with Crippen molar-refractivity contribution >= 4 is 22.6 Å². The Hall–Kier alpha value is -2.91. The molecule has 1 aromatic heterocycles. The number of hydrogen-bond acceptors (Lipinski definition) is 3. The maximum Gasteiger partial charge on any atom is 0.304 e. The molecule has 0 radical (unpaired) electrons. The highest BCUT2D eigenvalue weighted by atomic mass is 35.5. The first-order chi connectivity index (χ1) is 10.5. The number of halogens is 2. The molecular formula is C15H7ClFN3O2. The van der Waals surface area contributed by atoms with Crippen molar-refractivity contribution in [3.8, 4) is 17.3 Å². The third-order valence-corrected chi connectivity index (χ3v) is 3.46. The molecule has 0 aliphatic carbocycles. The van der Waals surface area contributed by atoms with Crippen LogP contribution in [0, 0.1) is 27.3 Å². The lowest BCUT2D eigenvalue weighted by Gasteiger charge is -2.14. The van der Waals surface area contributed by atoms with Gasteiger partial charge in [0.1, 0.15) is 17.4 Å². The Morgan fingerprint density at radius 2 is 1.91 bits per heavy atom. The molecule has 2 aromatic carbocycles. The molecule has 3 rings (SSSR count). The second-order valence-electron chi connectivity index (χ2n) is 4.54. The van der Waals surface area contributed by atoms with E-state index in [9.17, 15) is 19.8 Å². The van der Waals surface area contributed by atoms with Gasteiger partial charge in [0.2, 0.25) is 0 Å². The minimum Gasteiger partial charge on any atom is -0.804 e. The van der Waals surface area contributed by atoms with Crippen molar-refractivity contribution < 1.29 is 8.82 Å². The van der Waals surface area contributed by atoms with E-state index in [0.29, 0.717) is 9.16 Å². The summed E-state index contributed by atoms with van der Waals surface area (Å²) >= 11 is 5.82. The van der Waals surface area contributed by atoms with Crippen molar-refractivity contribution in [2.45, 2.75) is 0 Å². The van der Waals surface area contributed by atoms with Crippen molar-refractivity contribution in [1.29, 1.82) is 5.26 Å². The first kappa shape index (κ1) is 14.0. The van der Waals surface area contributed by atoms with E-state index in [1.54, 1.807) is 6.07 Å². The number of benzene rings is 2. The Morgan fingerprint density at radius 3 is 2.55 bits per heavy atom. The van der Waals surface area contributed by atoms with Crippen LogP contribution in [0.5, 0.6) is 0 Å². The molecule has 22 heavy (non-hydrogen) atoms. The van der Waals surface area contributed by atoms with Crippen LogP contribution in [0.25, 0.3) is 22.3 Å². The Morgan fingerprint density at radius 1 is 1.23 bits per heavy atom. The lowest BCUT2D eigenvalue weighted by Crippen LogP contribution is -2.24. The molecule has 108 valence electrons. The van der Waals surface area contributed by atoms with E-state index in [4.69, 9.17) is 11.6 Å². The molecule has 0 N–H and O–H groups in total. The van der Waals surface area contributed by atoms with Crippen LogP contribution >= 0.6 is 11.6 Å². The number of aromatic nitrogens is 2. The van der Waals surface area contributed by atoms with Crippen molar-refractivity contribution in [2.24, 2.45) is 0 Å². The van der Waals surface area contributed by atoms with Crippen LogP contribution < -0.4 is 4.43 Å². The molecule has 0 unspecified atom stereocenters. The monoisotopic (exact) mass is 315 g/mol. The average Bonchev–Trinajstić information content (AvgIpc) is 2.51. The molecule has 1 heterocycles. The zero-order chi connectivity index (χ0) is 15.9. The summed E-state index contributed by atoms with van der Waals surface area (Å²) in [6, 6.07) is 10.9. The van der Waals surface area contributed by atoms with Gasteiger partial charge in [-0.1, -0.05) is 11.6 Å². The molecule has 0 aliphatic heterocycles. The third-order valence-electron chi connectivity index (χ3n) is 3.23. The van der Waals surface area contributed by atoms with E-state index >= 15 is 0 Å². The Labute approximate surface area is 128 Å². The molecule has 0 fully saturated rings. The molecule has 7 heteroatoms. The zero-order valence-electron chi connectivity index (χ0n) is 11.0. The average molecular weight is 316 g/mol. The minimum absolute atomic E-state index is 0.00934. The second-order valence-corrected chi connectivity index (χ2v) is 4.97. The summed E-state index contributed by atoms with van der Waals surface area (Å²) in [6.07, 6.45) is 0.